The van der Waals surface area contributed by atoms with Crippen LogP contribution in [0.5, 0.6) is 5.75 Å². The zero-order valence-corrected chi connectivity index (χ0v) is 19.5. The summed E-state index contributed by atoms with van der Waals surface area (Å²) in [5.74, 6) is 0.347. The van der Waals surface area contributed by atoms with E-state index in [1.165, 1.54) is 7.11 Å². The maximum Gasteiger partial charge on any atom is 0.411 e. The van der Waals surface area contributed by atoms with Gasteiger partial charge in [0, 0.05) is 36.4 Å². The number of anilines is 2. The molecule has 2 aromatic carbocycles. The number of fused-ring (bicyclic) bond motifs is 1. The highest BCUT2D eigenvalue weighted by Crippen LogP contribution is 2.19. The fourth-order valence-electron chi connectivity index (χ4n) is 3.33. The number of amides is 2. The van der Waals surface area contributed by atoms with E-state index in [9.17, 15) is 9.59 Å². The van der Waals surface area contributed by atoms with Gasteiger partial charge in [-0.1, -0.05) is 12.1 Å². The summed E-state index contributed by atoms with van der Waals surface area (Å²) in [5.41, 5.74) is 4.33. The van der Waals surface area contributed by atoms with Crippen LogP contribution in [0.4, 0.5) is 16.2 Å². The standard InChI is InChI=1S/C26H26N4O5/c1-18-6-11-24-27-22(16-30(24)15-18)17-35-23-9-7-19(8-10-23)25(31)28-20-4-3-5-21(14-20)29-26(32)34-13-12-33-2/h3-11,14-16H,12-13,17H2,1-2H3,(H,28,31)(H,29,32). The molecule has 0 radical (unpaired) electrons. The minimum atomic E-state index is -0.597. The molecular weight excluding hydrogens is 448 g/mol. The molecule has 0 fully saturated rings. The van der Waals surface area contributed by atoms with Crippen molar-refractivity contribution in [1.29, 1.82) is 0 Å². The molecule has 0 bridgehead atoms. The number of aryl methyl sites for hydroxylation is 1. The summed E-state index contributed by atoms with van der Waals surface area (Å²) in [5, 5.41) is 5.43. The Morgan fingerprint density at radius 2 is 1.71 bits per heavy atom. The van der Waals surface area contributed by atoms with Gasteiger partial charge < -0.3 is 23.9 Å². The Morgan fingerprint density at radius 1 is 0.943 bits per heavy atom. The number of nitrogens with one attached hydrogen (secondary N) is 2. The number of hydrogen-bond donors (Lipinski definition) is 2. The molecule has 4 aromatic rings. The van der Waals surface area contributed by atoms with Crippen LogP contribution in [-0.2, 0) is 16.1 Å². The Kier molecular flexibility index (Phi) is 7.59. The van der Waals surface area contributed by atoms with Gasteiger partial charge in [-0.2, -0.15) is 0 Å². The van der Waals surface area contributed by atoms with Crippen LogP contribution in [-0.4, -0.2) is 41.7 Å². The van der Waals surface area contributed by atoms with Gasteiger partial charge in [-0.15, -0.1) is 0 Å². The average molecular weight is 475 g/mol. The van der Waals surface area contributed by atoms with Gasteiger partial charge in [-0.25, -0.2) is 9.78 Å². The van der Waals surface area contributed by atoms with Crippen molar-refractivity contribution >= 4 is 29.0 Å². The second-order valence-electron chi connectivity index (χ2n) is 7.81. The Bertz CT molecular complexity index is 1320. The quantitative estimate of drug-likeness (QED) is 0.342. The summed E-state index contributed by atoms with van der Waals surface area (Å²) in [6.07, 6.45) is 3.35. The molecule has 35 heavy (non-hydrogen) atoms. The van der Waals surface area contributed by atoms with Crippen molar-refractivity contribution in [2.24, 2.45) is 0 Å². The fourth-order valence-corrected chi connectivity index (χ4v) is 3.33. The Hall–Kier alpha value is -4.37. The predicted molar refractivity (Wildman–Crippen MR) is 132 cm³/mol. The van der Waals surface area contributed by atoms with Gasteiger partial charge in [0.2, 0.25) is 0 Å². The van der Waals surface area contributed by atoms with E-state index in [0.717, 1.165) is 16.9 Å². The summed E-state index contributed by atoms with van der Waals surface area (Å²) in [6.45, 7) is 2.81. The number of carbonyl (C=O) groups is 2. The first-order valence-corrected chi connectivity index (χ1v) is 11.0. The Morgan fingerprint density at radius 3 is 2.49 bits per heavy atom. The molecule has 4 rings (SSSR count). The summed E-state index contributed by atoms with van der Waals surface area (Å²) >= 11 is 0. The van der Waals surface area contributed by atoms with Crippen LogP contribution in [0.3, 0.4) is 0 Å². The molecule has 9 nitrogen and oxygen atoms in total. The number of aromatic nitrogens is 2. The SMILES string of the molecule is COCCOC(=O)Nc1cccc(NC(=O)c2ccc(OCc3cn4cc(C)ccc4n3)cc2)c1. The lowest BCUT2D eigenvalue weighted by atomic mass is 10.2. The number of rotatable bonds is 9. The molecule has 0 aliphatic rings. The van der Waals surface area contributed by atoms with Crippen molar-refractivity contribution in [1.82, 2.24) is 9.38 Å². The smallest absolute Gasteiger partial charge is 0.411 e. The number of imidazole rings is 1. The summed E-state index contributed by atoms with van der Waals surface area (Å²) in [4.78, 5) is 29.0. The number of hydrogen-bond acceptors (Lipinski definition) is 6. The third kappa shape index (κ3) is 6.58. The Labute approximate surface area is 202 Å². The van der Waals surface area contributed by atoms with E-state index in [1.807, 2.05) is 35.9 Å². The first-order valence-electron chi connectivity index (χ1n) is 11.0. The maximum absolute atomic E-state index is 12.6. The van der Waals surface area contributed by atoms with E-state index < -0.39 is 6.09 Å². The van der Waals surface area contributed by atoms with Gasteiger partial charge in [-0.3, -0.25) is 10.1 Å². The van der Waals surface area contributed by atoms with Gasteiger partial charge in [-0.05, 0) is 61.0 Å². The lowest BCUT2D eigenvalue weighted by Crippen LogP contribution is -2.17. The van der Waals surface area contributed by atoms with E-state index in [-0.39, 0.29) is 12.5 Å². The zero-order valence-electron chi connectivity index (χ0n) is 19.5. The highest BCUT2D eigenvalue weighted by molar-refractivity contribution is 6.04. The van der Waals surface area contributed by atoms with Gasteiger partial charge >= 0.3 is 6.09 Å². The first-order chi connectivity index (χ1) is 17.0. The number of carbonyl (C=O) groups excluding carboxylic acids is 2. The number of nitrogens with zero attached hydrogens (tertiary/aromatic N) is 2. The number of benzene rings is 2. The second kappa shape index (κ2) is 11.2. The third-order valence-electron chi connectivity index (χ3n) is 5.04. The lowest BCUT2D eigenvalue weighted by molar-refractivity contribution is 0.102. The lowest BCUT2D eigenvalue weighted by Gasteiger charge is -2.10. The van der Waals surface area contributed by atoms with E-state index in [1.54, 1.807) is 48.5 Å². The molecule has 9 heteroatoms. The van der Waals surface area contributed by atoms with Crippen LogP contribution in [0.25, 0.3) is 5.65 Å². The normalized spacial score (nSPS) is 10.7. The van der Waals surface area contributed by atoms with Crippen LogP contribution in [0.1, 0.15) is 21.6 Å². The third-order valence-corrected chi connectivity index (χ3v) is 5.04. The van der Waals surface area contributed by atoms with Gasteiger partial charge in [0.15, 0.2) is 0 Å². The first kappa shape index (κ1) is 23.8. The number of methoxy groups -OCH3 is 1. The molecule has 2 amide bonds. The van der Waals surface area contributed by atoms with Crippen LogP contribution in [0.15, 0.2) is 73.1 Å². The molecule has 2 N–H and O–H groups in total. The van der Waals surface area contributed by atoms with E-state index >= 15 is 0 Å². The molecule has 0 saturated heterocycles. The average Bonchev–Trinajstić information content (AvgIpc) is 3.25. The van der Waals surface area contributed by atoms with Crippen molar-refractivity contribution in [3.05, 3.63) is 89.9 Å². The monoisotopic (exact) mass is 474 g/mol. The van der Waals surface area contributed by atoms with Gasteiger partial charge in [0.1, 0.15) is 24.6 Å². The summed E-state index contributed by atoms with van der Waals surface area (Å²) in [6, 6.07) is 17.6. The Balaban J connectivity index is 1.31. The van der Waals surface area contributed by atoms with Crippen molar-refractivity contribution in [3.63, 3.8) is 0 Å². The van der Waals surface area contributed by atoms with Crippen molar-refractivity contribution in [3.8, 4) is 5.75 Å². The van der Waals surface area contributed by atoms with Crippen LogP contribution in [0, 0.1) is 6.92 Å². The van der Waals surface area contributed by atoms with Crippen molar-refractivity contribution < 1.29 is 23.8 Å². The van der Waals surface area contributed by atoms with Crippen molar-refractivity contribution in [2.75, 3.05) is 31.0 Å². The number of ether oxygens (including phenoxy) is 3. The molecule has 2 aromatic heterocycles. The molecule has 2 heterocycles. The largest absolute Gasteiger partial charge is 0.487 e. The molecule has 0 unspecified atom stereocenters. The van der Waals surface area contributed by atoms with Crippen molar-refractivity contribution in [2.45, 2.75) is 13.5 Å². The van der Waals surface area contributed by atoms with E-state index in [2.05, 4.69) is 15.6 Å². The van der Waals surface area contributed by atoms with E-state index in [4.69, 9.17) is 14.2 Å². The minimum absolute atomic E-state index is 0.150. The second-order valence-corrected chi connectivity index (χ2v) is 7.81. The zero-order chi connectivity index (χ0) is 24.6. The molecule has 0 aliphatic heterocycles. The number of pyridine rings is 1. The fraction of sp³-hybridized carbons (Fsp3) is 0.192. The van der Waals surface area contributed by atoms with Crippen LogP contribution in [0.2, 0.25) is 0 Å². The molecule has 0 atom stereocenters. The van der Waals surface area contributed by atoms with E-state index in [0.29, 0.717) is 35.9 Å². The summed E-state index contributed by atoms with van der Waals surface area (Å²) in [7, 11) is 1.53. The van der Waals surface area contributed by atoms with Gasteiger partial charge in [0.25, 0.3) is 5.91 Å². The van der Waals surface area contributed by atoms with Gasteiger partial charge in [0.05, 0.1) is 12.3 Å². The predicted octanol–water partition coefficient (Wildman–Crippen LogP) is 4.67. The minimum Gasteiger partial charge on any atom is -0.487 e. The van der Waals surface area contributed by atoms with Crippen LogP contribution < -0.4 is 15.4 Å². The van der Waals surface area contributed by atoms with Crippen LogP contribution >= 0.6 is 0 Å². The summed E-state index contributed by atoms with van der Waals surface area (Å²) < 4.78 is 17.6. The molecule has 0 saturated carbocycles. The molecule has 0 aliphatic carbocycles. The highest BCUT2D eigenvalue weighted by atomic mass is 16.6. The molecule has 180 valence electrons. The molecule has 0 spiro atoms. The topological polar surface area (TPSA) is 103 Å². The highest BCUT2D eigenvalue weighted by Gasteiger charge is 2.09. The maximum atomic E-state index is 12.6. The molecular formula is C26H26N4O5.